The van der Waals surface area contributed by atoms with Gasteiger partial charge in [-0.25, -0.2) is 0 Å². The Hall–Kier alpha value is -1.98. The fourth-order valence-corrected chi connectivity index (χ4v) is 4.62. The molecule has 1 heterocycles. The molecule has 0 saturated heterocycles. The molecule has 1 aliphatic heterocycles. The van der Waals surface area contributed by atoms with Crippen LogP contribution in [0.5, 0.6) is 5.75 Å². The van der Waals surface area contributed by atoms with Crippen LogP contribution in [0.2, 0.25) is 0 Å². The summed E-state index contributed by atoms with van der Waals surface area (Å²) in [7, 11) is 0. The van der Waals surface area contributed by atoms with Crippen LogP contribution >= 0.6 is 0 Å². The number of hydrogen-bond acceptors (Lipinski definition) is 3. The Labute approximate surface area is 145 Å². The molecule has 4 nitrogen and oxygen atoms in total. The minimum atomic E-state index is -1.30. The van der Waals surface area contributed by atoms with Crippen molar-refractivity contribution in [2.45, 2.75) is 43.9 Å². The largest absolute Gasteiger partial charge is 0.608 e. The molecule has 5 heteroatoms. The Morgan fingerprint density at radius 3 is 2.46 bits per heavy atom. The van der Waals surface area contributed by atoms with Crippen LogP contribution in [0.25, 0.3) is 0 Å². The summed E-state index contributed by atoms with van der Waals surface area (Å²) in [5, 5.41) is 2.79. The molecule has 0 aromatic heterocycles. The lowest BCUT2D eigenvalue weighted by Gasteiger charge is -2.27. The minimum absolute atomic E-state index is 0.546. The van der Waals surface area contributed by atoms with Crippen molar-refractivity contribution in [3.63, 3.8) is 0 Å². The fraction of sp³-hybridized carbons (Fsp3) is 0.316. The molecule has 2 unspecified atom stereocenters. The molecule has 2 atom stereocenters. The van der Waals surface area contributed by atoms with E-state index in [1.54, 1.807) is 0 Å². The lowest BCUT2D eigenvalue weighted by Crippen LogP contribution is -2.40. The van der Waals surface area contributed by atoms with Crippen LogP contribution in [0.15, 0.2) is 35.2 Å². The third kappa shape index (κ3) is 2.58. The molecule has 0 bridgehead atoms. The third-order valence-electron chi connectivity index (χ3n) is 4.75. The van der Waals surface area contributed by atoms with Gasteiger partial charge in [0.25, 0.3) is 4.93 Å². The average Bonchev–Trinajstić information content (AvgIpc) is 2.96. The standard InChI is InChI=1S/C19H21NO3S/c1-12-13(2)18-16(14(3)17(12)20-11-21)10-19(4,23-18)24(22)15-8-6-5-7-9-15/h5-9,11H,10H2,1-4H3,(H,20,21). The van der Waals surface area contributed by atoms with Gasteiger partial charge in [-0.2, -0.15) is 0 Å². The molecular formula is C19H21NO3S. The Balaban J connectivity index is 2.04. The van der Waals surface area contributed by atoms with Crippen LogP contribution in [0.4, 0.5) is 5.69 Å². The van der Waals surface area contributed by atoms with E-state index in [-0.39, 0.29) is 0 Å². The molecule has 0 spiro atoms. The quantitative estimate of drug-likeness (QED) is 0.681. The van der Waals surface area contributed by atoms with Crippen LogP contribution in [0.1, 0.15) is 29.2 Å². The topological polar surface area (TPSA) is 61.4 Å². The number of fused-ring (bicyclic) bond motifs is 1. The van der Waals surface area contributed by atoms with Gasteiger partial charge in [0.15, 0.2) is 4.90 Å². The van der Waals surface area contributed by atoms with Crippen molar-refractivity contribution in [3.8, 4) is 5.75 Å². The van der Waals surface area contributed by atoms with Crippen LogP contribution < -0.4 is 10.1 Å². The summed E-state index contributed by atoms with van der Waals surface area (Å²) in [4.78, 5) is 10.9. The molecule has 0 radical (unpaired) electrons. The van der Waals surface area contributed by atoms with E-state index in [0.29, 0.717) is 12.8 Å². The molecule has 0 saturated carbocycles. The normalized spacial score (nSPS) is 20.2. The van der Waals surface area contributed by atoms with Crippen molar-refractivity contribution in [2.24, 2.45) is 0 Å². The fourth-order valence-electron chi connectivity index (χ4n) is 3.28. The second-order valence-corrected chi connectivity index (χ2v) is 8.19. The highest BCUT2D eigenvalue weighted by molar-refractivity contribution is 7.92. The zero-order chi connectivity index (χ0) is 17.5. The first-order chi connectivity index (χ1) is 11.4. The van der Waals surface area contributed by atoms with Crippen LogP contribution in [0, 0.1) is 20.8 Å². The van der Waals surface area contributed by atoms with Gasteiger partial charge in [0.2, 0.25) is 6.41 Å². The van der Waals surface area contributed by atoms with Crippen molar-refractivity contribution in [2.75, 3.05) is 5.32 Å². The van der Waals surface area contributed by atoms with Gasteiger partial charge in [0.1, 0.15) is 5.75 Å². The van der Waals surface area contributed by atoms with E-state index in [2.05, 4.69) is 5.32 Å². The molecule has 1 aliphatic rings. The number of carbonyl (C=O) groups excluding carboxylic acids is 1. The molecule has 0 aliphatic carbocycles. The summed E-state index contributed by atoms with van der Waals surface area (Å²) in [5.74, 6) is 0.799. The summed E-state index contributed by atoms with van der Waals surface area (Å²) in [6.45, 7) is 7.79. The smallest absolute Gasteiger partial charge is 0.270 e. The number of carbonyl (C=O) groups is 1. The van der Waals surface area contributed by atoms with Gasteiger partial charge in [0, 0.05) is 29.4 Å². The third-order valence-corrected chi connectivity index (χ3v) is 6.46. The minimum Gasteiger partial charge on any atom is -0.608 e. The van der Waals surface area contributed by atoms with E-state index in [4.69, 9.17) is 4.74 Å². The van der Waals surface area contributed by atoms with E-state index in [0.717, 1.165) is 38.6 Å². The molecule has 2 aromatic carbocycles. The van der Waals surface area contributed by atoms with Crippen molar-refractivity contribution in [1.82, 2.24) is 0 Å². The number of benzene rings is 2. The van der Waals surface area contributed by atoms with Gasteiger partial charge < -0.3 is 14.6 Å². The summed E-state index contributed by atoms with van der Waals surface area (Å²) in [5.41, 5.74) is 4.78. The zero-order valence-corrected chi connectivity index (χ0v) is 15.1. The Morgan fingerprint density at radius 2 is 1.83 bits per heavy atom. The SMILES string of the molecule is Cc1c(C)c2c(c(C)c1NC=O)CC(C)([S+]([O-])c1ccccc1)O2. The highest BCUT2D eigenvalue weighted by Gasteiger charge is 2.48. The number of hydrogen-bond donors (Lipinski definition) is 1. The van der Waals surface area contributed by atoms with Gasteiger partial charge in [-0.15, -0.1) is 0 Å². The number of nitrogens with one attached hydrogen (secondary N) is 1. The first kappa shape index (κ1) is 16.9. The molecule has 24 heavy (non-hydrogen) atoms. The van der Waals surface area contributed by atoms with Gasteiger partial charge in [0.05, 0.1) is 6.42 Å². The number of amides is 1. The predicted molar refractivity (Wildman–Crippen MR) is 95.9 cm³/mol. The zero-order valence-electron chi connectivity index (χ0n) is 14.3. The highest BCUT2D eigenvalue weighted by Crippen LogP contribution is 2.47. The highest BCUT2D eigenvalue weighted by atomic mass is 32.2. The van der Waals surface area contributed by atoms with E-state index < -0.39 is 16.1 Å². The molecule has 2 aromatic rings. The summed E-state index contributed by atoms with van der Waals surface area (Å²) >= 11 is -1.30. The number of anilines is 1. The Kier molecular flexibility index (Phi) is 4.32. The van der Waals surface area contributed by atoms with E-state index in [9.17, 15) is 9.35 Å². The van der Waals surface area contributed by atoms with Crippen molar-refractivity contribution in [3.05, 3.63) is 52.6 Å². The van der Waals surface area contributed by atoms with Crippen LogP contribution in [-0.4, -0.2) is 15.9 Å². The monoisotopic (exact) mass is 343 g/mol. The second kappa shape index (κ2) is 6.15. The molecular weight excluding hydrogens is 322 g/mol. The average molecular weight is 343 g/mol. The lowest BCUT2D eigenvalue weighted by molar-refractivity contribution is -0.105. The maximum atomic E-state index is 13.1. The summed E-state index contributed by atoms with van der Waals surface area (Å²) in [6.07, 6.45) is 1.24. The summed E-state index contributed by atoms with van der Waals surface area (Å²) < 4.78 is 19.3. The van der Waals surface area contributed by atoms with Gasteiger partial charge in [-0.1, -0.05) is 18.2 Å². The molecule has 0 fully saturated rings. The first-order valence-electron chi connectivity index (χ1n) is 7.88. The Morgan fingerprint density at radius 1 is 1.17 bits per heavy atom. The molecule has 1 N–H and O–H groups in total. The van der Waals surface area contributed by atoms with Gasteiger partial charge in [-0.3, -0.25) is 4.79 Å². The maximum absolute atomic E-state index is 13.1. The van der Waals surface area contributed by atoms with E-state index >= 15 is 0 Å². The van der Waals surface area contributed by atoms with Crippen molar-refractivity contribution < 1.29 is 14.1 Å². The number of rotatable bonds is 4. The van der Waals surface area contributed by atoms with Crippen molar-refractivity contribution in [1.29, 1.82) is 0 Å². The van der Waals surface area contributed by atoms with E-state index in [1.165, 1.54) is 0 Å². The van der Waals surface area contributed by atoms with Gasteiger partial charge in [-0.05, 0) is 49.6 Å². The summed E-state index contributed by atoms with van der Waals surface area (Å²) in [6, 6.07) is 9.38. The maximum Gasteiger partial charge on any atom is 0.270 e. The Bertz CT molecular complexity index is 791. The first-order valence-corrected chi connectivity index (χ1v) is 9.03. The van der Waals surface area contributed by atoms with Crippen LogP contribution in [-0.2, 0) is 22.4 Å². The van der Waals surface area contributed by atoms with Gasteiger partial charge >= 0.3 is 0 Å². The van der Waals surface area contributed by atoms with Crippen molar-refractivity contribution >= 4 is 23.3 Å². The second-order valence-electron chi connectivity index (χ2n) is 6.31. The lowest BCUT2D eigenvalue weighted by atomic mass is 9.95. The van der Waals surface area contributed by atoms with Crippen LogP contribution in [0.3, 0.4) is 0 Å². The predicted octanol–water partition coefficient (Wildman–Crippen LogP) is 3.64. The van der Waals surface area contributed by atoms with E-state index in [1.807, 2.05) is 58.0 Å². The number of ether oxygens (including phenoxy) is 1. The molecule has 3 rings (SSSR count). The molecule has 126 valence electrons. The molecule has 1 amide bonds.